The summed E-state index contributed by atoms with van der Waals surface area (Å²) in [7, 11) is 0. The van der Waals surface area contributed by atoms with Crippen molar-refractivity contribution in [1.29, 1.82) is 0 Å². The number of benzene rings is 1. The zero-order valence-corrected chi connectivity index (χ0v) is 12.4. The van der Waals surface area contributed by atoms with Gasteiger partial charge in [-0.15, -0.1) is 0 Å². The van der Waals surface area contributed by atoms with Crippen molar-refractivity contribution in [3.05, 3.63) is 34.3 Å². The lowest BCUT2D eigenvalue weighted by molar-refractivity contribution is -0.129. The lowest BCUT2D eigenvalue weighted by Crippen LogP contribution is -2.52. The fraction of sp³-hybridized carbons (Fsp3) is 0.500. The first-order valence-electron chi connectivity index (χ1n) is 6.53. The number of nitrogens with zero attached hydrogens (tertiary/aromatic N) is 1. The van der Waals surface area contributed by atoms with Gasteiger partial charge in [-0.2, -0.15) is 0 Å². The number of nitrogens with two attached hydrogens (primary N) is 1. The molecule has 1 saturated heterocycles. The van der Waals surface area contributed by atoms with Gasteiger partial charge < -0.3 is 10.5 Å². The van der Waals surface area contributed by atoms with Gasteiger partial charge in [-0.25, -0.2) is 0 Å². The van der Waals surface area contributed by atoms with Gasteiger partial charge in [-0.1, -0.05) is 34.1 Å². The van der Waals surface area contributed by atoms with Crippen LogP contribution in [0.1, 0.15) is 12.0 Å². The van der Waals surface area contributed by atoms with Crippen LogP contribution in [0.15, 0.2) is 28.7 Å². The second-order valence-corrected chi connectivity index (χ2v) is 5.58. The number of ether oxygens (including phenoxy) is 1. The Kier molecular flexibility index (Phi) is 5.36. The van der Waals surface area contributed by atoms with Gasteiger partial charge in [0.1, 0.15) is 6.04 Å². The Morgan fingerprint density at radius 2 is 2.26 bits per heavy atom. The highest BCUT2D eigenvalue weighted by Crippen LogP contribution is 2.18. The van der Waals surface area contributed by atoms with Crippen LogP contribution >= 0.6 is 15.9 Å². The summed E-state index contributed by atoms with van der Waals surface area (Å²) in [5, 5.41) is 0. The highest BCUT2D eigenvalue weighted by atomic mass is 79.9. The third kappa shape index (κ3) is 4.03. The molecule has 4 nitrogen and oxygen atoms in total. The molecule has 2 N–H and O–H groups in total. The molecule has 1 atom stereocenters. The first-order chi connectivity index (χ1) is 9.18. The van der Waals surface area contributed by atoms with E-state index in [9.17, 15) is 4.79 Å². The highest BCUT2D eigenvalue weighted by molar-refractivity contribution is 9.10. The topological polar surface area (TPSA) is 55.6 Å². The molecule has 19 heavy (non-hydrogen) atoms. The van der Waals surface area contributed by atoms with Crippen molar-refractivity contribution >= 4 is 21.8 Å². The average Bonchev–Trinajstić information content (AvgIpc) is 2.41. The molecule has 0 aliphatic carbocycles. The largest absolute Gasteiger partial charge is 0.378 e. The third-order valence-corrected chi connectivity index (χ3v) is 4.19. The number of halogens is 1. The highest BCUT2D eigenvalue weighted by Gasteiger charge is 2.26. The van der Waals surface area contributed by atoms with E-state index in [0.717, 1.165) is 30.4 Å². The molecule has 1 aromatic rings. The minimum atomic E-state index is -0.291. The molecule has 0 aromatic heterocycles. The first-order valence-corrected chi connectivity index (χ1v) is 7.32. The zero-order chi connectivity index (χ0) is 13.7. The lowest BCUT2D eigenvalue weighted by Gasteiger charge is -2.33. The quantitative estimate of drug-likeness (QED) is 0.893. The van der Waals surface area contributed by atoms with E-state index in [4.69, 9.17) is 10.5 Å². The van der Waals surface area contributed by atoms with Crippen LogP contribution in [-0.4, -0.2) is 43.2 Å². The van der Waals surface area contributed by atoms with Crippen molar-refractivity contribution in [1.82, 2.24) is 4.90 Å². The number of amides is 1. The fourth-order valence-corrected chi connectivity index (χ4v) is 2.82. The van der Waals surface area contributed by atoms with Crippen LogP contribution in [-0.2, 0) is 16.0 Å². The van der Waals surface area contributed by atoms with Gasteiger partial charge in [0.2, 0.25) is 5.91 Å². The molecule has 1 heterocycles. The Balaban J connectivity index is 1.84. The Bertz CT molecular complexity index is 439. The Morgan fingerprint density at radius 1 is 1.47 bits per heavy atom. The molecule has 1 aromatic carbocycles. The number of rotatable bonds is 5. The number of hydrogen-bond acceptors (Lipinski definition) is 3. The van der Waals surface area contributed by atoms with Crippen LogP contribution in [0.4, 0.5) is 0 Å². The summed E-state index contributed by atoms with van der Waals surface area (Å²) >= 11 is 3.55. The van der Waals surface area contributed by atoms with Crippen LogP contribution < -0.4 is 5.73 Å². The summed E-state index contributed by atoms with van der Waals surface area (Å²) in [5.41, 5.74) is 6.69. The number of carbonyl (C=O) groups is 1. The zero-order valence-electron chi connectivity index (χ0n) is 10.8. The van der Waals surface area contributed by atoms with Crippen LogP contribution in [0.5, 0.6) is 0 Å². The summed E-state index contributed by atoms with van der Waals surface area (Å²) in [5.74, 6) is -0.291. The van der Waals surface area contributed by atoms with E-state index in [1.54, 1.807) is 0 Å². The van der Waals surface area contributed by atoms with E-state index in [1.165, 1.54) is 5.56 Å². The van der Waals surface area contributed by atoms with Crippen molar-refractivity contribution < 1.29 is 9.53 Å². The van der Waals surface area contributed by atoms with Crippen molar-refractivity contribution in [2.75, 3.05) is 26.3 Å². The van der Waals surface area contributed by atoms with Crippen molar-refractivity contribution in [3.63, 3.8) is 0 Å². The minimum Gasteiger partial charge on any atom is -0.378 e. The van der Waals surface area contributed by atoms with E-state index in [-0.39, 0.29) is 11.9 Å². The molecular weight excluding hydrogens is 308 g/mol. The summed E-state index contributed by atoms with van der Waals surface area (Å²) in [6.45, 7) is 2.76. The molecule has 1 amide bonds. The first kappa shape index (κ1) is 14.5. The van der Waals surface area contributed by atoms with Gasteiger partial charge in [0.15, 0.2) is 0 Å². The number of primary amides is 1. The second-order valence-electron chi connectivity index (χ2n) is 4.72. The molecule has 104 valence electrons. The third-order valence-electron chi connectivity index (χ3n) is 3.42. The molecule has 1 aliphatic heterocycles. The number of aryl methyl sites for hydroxylation is 1. The Morgan fingerprint density at radius 3 is 3.00 bits per heavy atom. The van der Waals surface area contributed by atoms with Crippen LogP contribution in [0, 0.1) is 0 Å². The monoisotopic (exact) mass is 326 g/mol. The van der Waals surface area contributed by atoms with Crippen molar-refractivity contribution in [3.8, 4) is 0 Å². The van der Waals surface area contributed by atoms with Crippen molar-refractivity contribution in [2.45, 2.75) is 18.9 Å². The Labute approximate surface area is 122 Å². The molecule has 1 fully saturated rings. The van der Waals surface area contributed by atoms with E-state index in [0.29, 0.717) is 13.2 Å². The number of carbonyl (C=O) groups excluding carboxylic acids is 1. The molecule has 1 unspecified atom stereocenters. The van der Waals surface area contributed by atoms with Gasteiger partial charge in [0, 0.05) is 11.0 Å². The molecule has 0 bridgehead atoms. The summed E-state index contributed by atoms with van der Waals surface area (Å²) in [4.78, 5) is 13.5. The lowest BCUT2D eigenvalue weighted by atomic mass is 10.1. The summed E-state index contributed by atoms with van der Waals surface area (Å²) < 4.78 is 6.45. The van der Waals surface area contributed by atoms with Gasteiger partial charge in [-0.3, -0.25) is 9.69 Å². The van der Waals surface area contributed by atoms with E-state index in [2.05, 4.69) is 33.0 Å². The standard InChI is InChI=1S/C14H19BrN2O2/c15-12-6-2-1-4-11(12)5-3-7-17-8-9-19-10-13(17)14(16)18/h1-2,4,6,13H,3,5,7-10H2,(H2,16,18). The minimum absolute atomic E-state index is 0.270. The maximum Gasteiger partial charge on any atom is 0.237 e. The van der Waals surface area contributed by atoms with Crippen LogP contribution in [0.2, 0.25) is 0 Å². The van der Waals surface area contributed by atoms with Gasteiger partial charge in [-0.05, 0) is 31.0 Å². The molecule has 5 heteroatoms. The second kappa shape index (κ2) is 7.03. The van der Waals surface area contributed by atoms with E-state index >= 15 is 0 Å². The van der Waals surface area contributed by atoms with Gasteiger partial charge in [0.25, 0.3) is 0 Å². The molecule has 1 aliphatic rings. The number of morpholine rings is 1. The SMILES string of the molecule is NC(=O)C1COCCN1CCCc1ccccc1Br. The molecular formula is C14H19BrN2O2. The maximum atomic E-state index is 11.3. The van der Waals surface area contributed by atoms with Gasteiger partial charge >= 0.3 is 0 Å². The fourth-order valence-electron chi connectivity index (χ4n) is 2.34. The van der Waals surface area contributed by atoms with Crippen LogP contribution in [0.3, 0.4) is 0 Å². The van der Waals surface area contributed by atoms with Crippen LogP contribution in [0.25, 0.3) is 0 Å². The summed E-state index contributed by atoms with van der Waals surface area (Å²) in [6, 6.07) is 7.96. The van der Waals surface area contributed by atoms with E-state index < -0.39 is 0 Å². The molecule has 0 radical (unpaired) electrons. The predicted octanol–water partition coefficient (Wildman–Crippen LogP) is 1.57. The van der Waals surface area contributed by atoms with E-state index in [1.807, 2.05) is 12.1 Å². The van der Waals surface area contributed by atoms with Crippen molar-refractivity contribution in [2.24, 2.45) is 5.73 Å². The Hall–Kier alpha value is -0.910. The molecule has 2 rings (SSSR count). The predicted molar refractivity (Wildman–Crippen MR) is 77.8 cm³/mol. The maximum absolute atomic E-state index is 11.3. The normalized spacial score (nSPS) is 20.4. The number of hydrogen-bond donors (Lipinski definition) is 1. The average molecular weight is 327 g/mol. The van der Waals surface area contributed by atoms with Gasteiger partial charge in [0.05, 0.1) is 13.2 Å². The molecule has 0 spiro atoms. The smallest absolute Gasteiger partial charge is 0.237 e. The molecule has 0 saturated carbocycles. The summed E-state index contributed by atoms with van der Waals surface area (Å²) in [6.07, 6.45) is 2.00.